The van der Waals surface area contributed by atoms with Crippen LogP contribution in [0.25, 0.3) is 5.69 Å². The Morgan fingerprint density at radius 1 is 1.16 bits per heavy atom. The Morgan fingerprint density at radius 3 is 2.53 bits per heavy atom. The second-order valence-electron chi connectivity index (χ2n) is 8.01. The van der Waals surface area contributed by atoms with Gasteiger partial charge in [-0.2, -0.15) is 4.98 Å². The predicted octanol–water partition coefficient (Wildman–Crippen LogP) is 4.23. The summed E-state index contributed by atoms with van der Waals surface area (Å²) >= 11 is 0. The van der Waals surface area contributed by atoms with Crippen molar-refractivity contribution in [2.45, 2.75) is 26.7 Å². The van der Waals surface area contributed by atoms with Crippen LogP contribution in [-0.2, 0) is 4.79 Å². The number of rotatable bonds is 6. The molecule has 1 amide bonds. The van der Waals surface area contributed by atoms with Crippen LogP contribution in [0.3, 0.4) is 0 Å². The highest BCUT2D eigenvalue weighted by atomic mass is 19.1. The van der Waals surface area contributed by atoms with Gasteiger partial charge in [0.25, 0.3) is 0 Å². The number of nitrogens with one attached hydrogen (secondary N) is 1. The van der Waals surface area contributed by atoms with Crippen LogP contribution in [0.1, 0.15) is 25.3 Å². The van der Waals surface area contributed by atoms with Crippen LogP contribution >= 0.6 is 0 Å². The summed E-state index contributed by atoms with van der Waals surface area (Å²) in [7, 11) is 0. The van der Waals surface area contributed by atoms with Crippen molar-refractivity contribution < 1.29 is 18.3 Å². The lowest BCUT2D eigenvalue weighted by molar-refractivity contribution is -0.130. The Morgan fingerprint density at radius 2 is 1.88 bits per heavy atom. The first kappa shape index (κ1) is 21.7. The van der Waals surface area contributed by atoms with E-state index < -0.39 is 11.6 Å². The lowest BCUT2D eigenvalue weighted by atomic mass is 9.98. The van der Waals surface area contributed by atoms with Crippen LogP contribution in [0.15, 0.2) is 42.7 Å². The molecule has 0 unspecified atom stereocenters. The van der Waals surface area contributed by atoms with Crippen molar-refractivity contribution in [2.75, 3.05) is 25.0 Å². The van der Waals surface area contributed by atoms with Crippen molar-refractivity contribution >= 4 is 17.5 Å². The second-order valence-corrected chi connectivity index (χ2v) is 8.01. The number of ether oxygens (including phenoxy) is 1. The Bertz CT molecular complexity index is 1090. The lowest BCUT2D eigenvalue weighted by Gasteiger charge is -2.31. The van der Waals surface area contributed by atoms with Crippen LogP contribution in [0.5, 0.6) is 5.75 Å². The van der Waals surface area contributed by atoms with Crippen molar-refractivity contribution in [1.82, 2.24) is 19.7 Å². The van der Waals surface area contributed by atoms with E-state index >= 15 is 0 Å². The van der Waals surface area contributed by atoms with Crippen LogP contribution in [0.2, 0.25) is 0 Å². The maximum Gasteiger partial charge on any atom is 0.246 e. The number of benzene rings is 2. The Balaban J connectivity index is 1.35. The minimum atomic E-state index is -0.680. The summed E-state index contributed by atoms with van der Waals surface area (Å²) in [4.78, 5) is 17.5. The summed E-state index contributed by atoms with van der Waals surface area (Å²) in [6, 6.07) is 8.85. The van der Waals surface area contributed by atoms with E-state index in [0.29, 0.717) is 18.5 Å². The van der Waals surface area contributed by atoms with E-state index in [1.165, 1.54) is 23.1 Å². The van der Waals surface area contributed by atoms with Crippen LogP contribution in [0.4, 0.5) is 20.4 Å². The van der Waals surface area contributed by atoms with Crippen LogP contribution in [-0.4, -0.2) is 45.3 Å². The molecule has 0 radical (unpaired) electrons. The van der Waals surface area contributed by atoms with Crippen molar-refractivity contribution in [3.63, 3.8) is 0 Å². The van der Waals surface area contributed by atoms with Gasteiger partial charge >= 0.3 is 0 Å². The van der Waals surface area contributed by atoms with Gasteiger partial charge in [-0.3, -0.25) is 4.79 Å². The second kappa shape index (κ2) is 9.33. The van der Waals surface area contributed by atoms with E-state index in [1.807, 2.05) is 30.0 Å². The maximum absolute atomic E-state index is 13.4. The van der Waals surface area contributed by atoms with Gasteiger partial charge in [-0.25, -0.2) is 13.5 Å². The van der Waals surface area contributed by atoms with E-state index in [4.69, 9.17) is 4.74 Å². The highest BCUT2D eigenvalue weighted by Crippen LogP contribution is 2.26. The summed E-state index contributed by atoms with van der Waals surface area (Å²) in [5, 5.41) is 7.32. The monoisotopic (exact) mass is 441 g/mol. The molecular weight excluding hydrogens is 416 g/mol. The Labute approximate surface area is 185 Å². The zero-order chi connectivity index (χ0) is 22.7. The van der Waals surface area contributed by atoms with Crippen molar-refractivity contribution in [2.24, 2.45) is 5.92 Å². The van der Waals surface area contributed by atoms with Gasteiger partial charge < -0.3 is 15.0 Å². The number of carbonyl (C=O) groups is 1. The molecular formula is C23H25F2N5O2. The summed E-state index contributed by atoms with van der Waals surface area (Å²) in [6.45, 7) is 5.76. The first-order valence-corrected chi connectivity index (χ1v) is 10.5. The van der Waals surface area contributed by atoms with Crippen LogP contribution in [0, 0.1) is 24.5 Å². The van der Waals surface area contributed by atoms with Gasteiger partial charge in [-0.15, -0.1) is 5.10 Å². The summed E-state index contributed by atoms with van der Waals surface area (Å²) in [6.07, 6.45) is 3.28. The molecule has 2 heterocycles. The molecule has 4 rings (SSSR count). The number of halogens is 2. The first-order chi connectivity index (χ1) is 15.4. The number of nitrogens with zero attached hydrogens (tertiary/aromatic N) is 4. The summed E-state index contributed by atoms with van der Waals surface area (Å²) in [5.41, 5.74) is 1.98. The van der Waals surface area contributed by atoms with Gasteiger partial charge in [-0.1, -0.05) is 0 Å². The first-order valence-electron chi connectivity index (χ1n) is 10.5. The average molecular weight is 441 g/mol. The van der Waals surface area contributed by atoms with Gasteiger partial charge in [0, 0.05) is 31.8 Å². The molecule has 3 aromatic rings. The zero-order valence-electron chi connectivity index (χ0n) is 18.0. The van der Waals surface area contributed by atoms with Gasteiger partial charge in [-0.05, 0) is 61.6 Å². The number of aromatic nitrogens is 3. The van der Waals surface area contributed by atoms with E-state index in [-0.39, 0.29) is 11.6 Å². The fraction of sp³-hybridized carbons (Fsp3) is 0.348. The number of likely N-dealkylation sites (tertiary alicyclic amines) is 1. The van der Waals surface area contributed by atoms with Crippen LogP contribution < -0.4 is 10.1 Å². The number of piperidine rings is 1. The third-order valence-corrected chi connectivity index (χ3v) is 5.57. The molecule has 1 aromatic heterocycles. The molecule has 0 bridgehead atoms. The van der Waals surface area contributed by atoms with Gasteiger partial charge in [0.15, 0.2) is 0 Å². The average Bonchev–Trinajstić information content (AvgIpc) is 3.21. The van der Waals surface area contributed by atoms with Gasteiger partial charge in [0.1, 0.15) is 23.7 Å². The fourth-order valence-electron chi connectivity index (χ4n) is 3.76. The summed E-state index contributed by atoms with van der Waals surface area (Å²) in [5.74, 6) is 0.314. The lowest BCUT2D eigenvalue weighted by Crippen LogP contribution is -2.38. The molecule has 0 aliphatic carbocycles. The minimum absolute atomic E-state index is 0.130. The molecule has 0 spiro atoms. The molecule has 2 aromatic carbocycles. The molecule has 32 heavy (non-hydrogen) atoms. The van der Waals surface area contributed by atoms with Crippen molar-refractivity contribution in [3.8, 4) is 11.4 Å². The fourth-order valence-corrected chi connectivity index (χ4v) is 3.76. The molecule has 7 nitrogen and oxygen atoms in total. The molecule has 1 aliphatic heterocycles. The van der Waals surface area contributed by atoms with E-state index in [9.17, 15) is 13.6 Å². The molecule has 168 valence electrons. The number of amides is 1. The third-order valence-electron chi connectivity index (χ3n) is 5.57. The predicted molar refractivity (Wildman–Crippen MR) is 116 cm³/mol. The Kier molecular flexibility index (Phi) is 6.34. The molecule has 1 N–H and O–H groups in total. The highest BCUT2D eigenvalue weighted by molar-refractivity contribution is 5.73. The standard InChI is InChI=1S/C23H25F2N5O2/c1-15-9-20(3-4-22(15)32-13-17-5-7-29(8-6-17)16(2)31)27-23-26-14-30(28-23)21-11-18(24)10-19(25)12-21/h3-4,9-12,14,17H,5-8,13H2,1-2H3,(H,27,28). The molecule has 0 saturated carbocycles. The SMILES string of the molecule is CC(=O)N1CCC(COc2ccc(Nc3ncn(-c4cc(F)cc(F)c4)n3)cc2C)CC1. The quantitative estimate of drug-likeness (QED) is 0.620. The molecule has 1 aliphatic rings. The normalized spacial score (nSPS) is 14.4. The summed E-state index contributed by atoms with van der Waals surface area (Å²) < 4.78 is 34.2. The maximum atomic E-state index is 13.4. The molecule has 0 atom stereocenters. The smallest absolute Gasteiger partial charge is 0.246 e. The van der Waals surface area contributed by atoms with E-state index in [2.05, 4.69) is 15.4 Å². The number of hydrogen-bond donors (Lipinski definition) is 1. The van der Waals surface area contributed by atoms with Crippen molar-refractivity contribution in [3.05, 3.63) is 59.9 Å². The largest absolute Gasteiger partial charge is 0.493 e. The topological polar surface area (TPSA) is 72.3 Å². The molecule has 1 saturated heterocycles. The van der Waals surface area contributed by atoms with Gasteiger partial charge in [0.2, 0.25) is 11.9 Å². The van der Waals surface area contributed by atoms with E-state index in [1.54, 1.807) is 6.92 Å². The molecule has 9 heteroatoms. The number of anilines is 2. The highest BCUT2D eigenvalue weighted by Gasteiger charge is 2.21. The van der Waals surface area contributed by atoms with E-state index in [0.717, 1.165) is 49.0 Å². The third kappa shape index (κ3) is 5.22. The molecule has 1 fully saturated rings. The number of aryl methyl sites for hydroxylation is 1. The van der Waals surface area contributed by atoms with Gasteiger partial charge in [0.05, 0.1) is 12.3 Å². The van der Waals surface area contributed by atoms with Crippen molar-refractivity contribution in [1.29, 1.82) is 0 Å². The number of carbonyl (C=O) groups excluding carboxylic acids is 1. The number of hydrogen-bond acceptors (Lipinski definition) is 5. The minimum Gasteiger partial charge on any atom is -0.493 e. The Hall–Kier alpha value is -3.49. The zero-order valence-corrected chi connectivity index (χ0v) is 18.0.